The molecule has 0 bridgehead atoms. The number of imidazole rings is 1. The highest BCUT2D eigenvalue weighted by Crippen LogP contribution is 2.17. The summed E-state index contributed by atoms with van der Waals surface area (Å²) in [5.41, 5.74) is 5.92. The standard InChI is InChI=1S/C13H24N4O2/c1-11(14)12-10-17(7-9-19-12)13-15-4-6-16(13)5-3-8-18-2/h4,6,11-12H,3,5,7-10,14H2,1-2H3. The van der Waals surface area contributed by atoms with Crippen molar-refractivity contribution in [3.8, 4) is 0 Å². The van der Waals surface area contributed by atoms with Gasteiger partial charge in [0.1, 0.15) is 0 Å². The van der Waals surface area contributed by atoms with Crippen LogP contribution in [-0.2, 0) is 16.0 Å². The Morgan fingerprint density at radius 2 is 2.47 bits per heavy atom. The van der Waals surface area contributed by atoms with Gasteiger partial charge in [0.05, 0.1) is 12.7 Å². The van der Waals surface area contributed by atoms with Crippen molar-refractivity contribution in [2.24, 2.45) is 5.73 Å². The Bertz CT molecular complexity index is 380. The Labute approximate surface area is 114 Å². The molecule has 1 aromatic heterocycles. The average Bonchev–Trinajstić information content (AvgIpc) is 2.87. The van der Waals surface area contributed by atoms with Crippen LogP contribution < -0.4 is 10.6 Å². The van der Waals surface area contributed by atoms with E-state index in [-0.39, 0.29) is 12.1 Å². The molecule has 2 heterocycles. The number of rotatable bonds is 6. The lowest BCUT2D eigenvalue weighted by Gasteiger charge is -2.35. The predicted molar refractivity (Wildman–Crippen MR) is 74.3 cm³/mol. The van der Waals surface area contributed by atoms with E-state index in [1.165, 1.54) is 0 Å². The van der Waals surface area contributed by atoms with Crippen molar-refractivity contribution >= 4 is 5.95 Å². The van der Waals surface area contributed by atoms with E-state index in [0.29, 0.717) is 6.61 Å². The highest BCUT2D eigenvalue weighted by atomic mass is 16.5. The van der Waals surface area contributed by atoms with Gasteiger partial charge < -0.3 is 24.7 Å². The lowest BCUT2D eigenvalue weighted by atomic mass is 10.1. The summed E-state index contributed by atoms with van der Waals surface area (Å²) in [6.45, 7) is 6.05. The van der Waals surface area contributed by atoms with Gasteiger partial charge in [-0.3, -0.25) is 0 Å². The molecule has 19 heavy (non-hydrogen) atoms. The van der Waals surface area contributed by atoms with E-state index in [4.69, 9.17) is 15.2 Å². The monoisotopic (exact) mass is 268 g/mol. The lowest BCUT2D eigenvalue weighted by molar-refractivity contribution is 0.0268. The molecule has 1 aliphatic heterocycles. The molecule has 0 aromatic carbocycles. The van der Waals surface area contributed by atoms with E-state index < -0.39 is 0 Å². The minimum absolute atomic E-state index is 0.0414. The lowest BCUT2D eigenvalue weighted by Crippen LogP contribution is -2.50. The molecule has 108 valence electrons. The number of aromatic nitrogens is 2. The van der Waals surface area contributed by atoms with Gasteiger partial charge >= 0.3 is 0 Å². The number of ether oxygens (including phenoxy) is 2. The quantitative estimate of drug-likeness (QED) is 0.760. The van der Waals surface area contributed by atoms with Crippen LogP contribution in [0.5, 0.6) is 0 Å². The van der Waals surface area contributed by atoms with E-state index in [9.17, 15) is 0 Å². The zero-order valence-corrected chi connectivity index (χ0v) is 11.8. The molecule has 0 amide bonds. The fourth-order valence-corrected chi connectivity index (χ4v) is 2.31. The third-order valence-electron chi connectivity index (χ3n) is 3.40. The number of hydrogen-bond acceptors (Lipinski definition) is 5. The maximum Gasteiger partial charge on any atom is 0.205 e. The van der Waals surface area contributed by atoms with Crippen LogP contribution in [0.25, 0.3) is 0 Å². The Kier molecular flexibility index (Phi) is 5.18. The largest absolute Gasteiger partial charge is 0.385 e. The fourth-order valence-electron chi connectivity index (χ4n) is 2.31. The summed E-state index contributed by atoms with van der Waals surface area (Å²) < 4.78 is 12.9. The summed E-state index contributed by atoms with van der Waals surface area (Å²) >= 11 is 0. The van der Waals surface area contributed by atoms with Crippen LogP contribution >= 0.6 is 0 Å². The normalized spacial score (nSPS) is 21.6. The molecular weight excluding hydrogens is 244 g/mol. The smallest absolute Gasteiger partial charge is 0.205 e. The molecule has 0 aliphatic carbocycles. The molecule has 0 spiro atoms. The second kappa shape index (κ2) is 6.88. The van der Waals surface area contributed by atoms with Crippen LogP contribution in [0, 0.1) is 0 Å². The molecule has 0 radical (unpaired) electrons. The molecule has 6 nitrogen and oxygen atoms in total. The first kappa shape index (κ1) is 14.3. The SMILES string of the molecule is COCCCn1ccnc1N1CCOC(C(C)N)C1. The van der Waals surface area contributed by atoms with Crippen LogP contribution in [-0.4, -0.2) is 55.1 Å². The number of methoxy groups -OCH3 is 1. The van der Waals surface area contributed by atoms with E-state index in [1.807, 2.05) is 19.3 Å². The van der Waals surface area contributed by atoms with Gasteiger partial charge in [0.2, 0.25) is 5.95 Å². The van der Waals surface area contributed by atoms with Crippen LogP contribution in [0.15, 0.2) is 12.4 Å². The highest BCUT2D eigenvalue weighted by molar-refractivity contribution is 5.32. The van der Waals surface area contributed by atoms with Gasteiger partial charge in [-0.1, -0.05) is 0 Å². The zero-order valence-electron chi connectivity index (χ0n) is 11.8. The van der Waals surface area contributed by atoms with E-state index in [1.54, 1.807) is 7.11 Å². The van der Waals surface area contributed by atoms with Crippen LogP contribution in [0.3, 0.4) is 0 Å². The van der Waals surface area contributed by atoms with Crippen LogP contribution in [0.4, 0.5) is 5.95 Å². The summed E-state index contributed by atoms with van der Waals surface area (Å²) in [6.07, 6.45) is 4.93. The van der Waals surface area contributed by atoms with E-state index in [2.05, 4.69) is 14.5 Å². The molecule has 2 rings (SSSR count). The second-order valence-electron chi connectivity index (χ2n) is 4.98. The first-order valence-electron chi connectivity index (χ1n) is 6.84. The number of nitrogens with zero attached hydrogens (tertiary/aromatic N) is 3. The van der Waals surface area contributed by atoms with Gasteiger partial charge in [-0.05, 0) is 13.3 Å². The van der Waals surface area contributed by atoms with E-state index in [0.717, 1.165) is 38.6 Å². The van der Waals surface area contributed by atoms with Gasteiger partial charge in [-0.2, -0.15) is 0 Å². The maximum absolute atomic E-state index is 5.92. The first-order valence-corrected chi connectivity index (χ1v) is 6.84. The Morgan fingerprint density at radius 1 is 1.63 bits per heavy atom. The summed E-state index contributed by atoms with van der Waals surface area (Å²) in [6, 6.07) is 0.0414. The van der Waals surface area contributed by atoms with Gasteiger partial charge in [-0.25, -0.2) is 4.98 Å². The number of aryl methyl sites for hydroxylation is 1. The Balaban J connectivity index is 1.98. The number of anilines is 1. The third kappa shape index (κ3) is 3.68. The van der Waals surface area contributed by atoms with Crippen molar-refractivity contribution in [3.63, 3.8) is 0 Å². The van der Waals surface area contributed by atoms with Crippen molar-refractivity contribution in [3.05, 3.63) is 12.4 Å². The van der Waals surface area contributed by atoms with Crippen molar-refractivity contribution in [2.75, 3.05) is 38.3 Å². The van der Waals surface area contributed by atoms with Crippen LogP contribution in [0.1, 0.15) is 13.3 Å². The molecule has 1 aliphatic rings. The first-order chi connectivity index (χ1) is 9.22. The minimum Gasteiger partial charge on any atom is -0.385 e. The number of hydrogen-bond donors (Lipinski definition) is 1. The Hall–Kier alpha value is -1.11. The van der Waals surface area contributed by atoms with Crippen molar-refractivity contribution in [2.45, 2.75) is 32.0 Å². The topological polar surface area (TPSA) is 65.5 Å². The van der Waals surface area contributed by atoms with Crippen molar-refractivity contribution in [1.29, 1.82) is 0 Å². The molecule has 2 unspecified atom stereocenters. The average molecular weight is 268 g/mol. The van der Waals surface area contributed by atoms with Crippen molar-refractivity contribution in [1.82, 2.24) is 9.55 Å². The fraction of sp³-hybridized carbons (Fsp3) is 0.769. The molecule has 2 N–H and O–H groups in total. The molecule has 1 fully saturated rings. The van der Waals surface area contributed by atoms with Gasteiger partial charge in [0.25, 0.3) is 0 Å². The van der Waals surface area contributed by atoms with Gasteiger partial charge in [-0.15, -0.1) is 0 Å². The summed E-state index contributed by atoms with van der Waals surface area (Å²) in [4.78, 5) is 6.72. The van der Waals surface area contributed by atoms with Gasteiger partial charge in [0.15, 0.2) is 0 Å². The maximum atomic E-state index is 5.92. The second-order valence-corrected chi connectivity index (χ2v) is 4.98. The molecule has 2 atom stereocenters. The molecule has 0 saturated carbocycles. The summed E-state index contributed by atoms with van der Waals surface area (Å²) in [7, 11) is 1.73. The highest BCUT2D eigenvalue weighted by Gasteiger charge is 2.25. The number of nitrogens with two attached hydrogens (primary N) is 1. The molecular formula is C13H24N4O2. The van der Waals surface area contributed by atoms with Gasteiger partial charge in [0, 0.05) is 51.8 Å². The van der Waals surface area contributed by atoms with Crippen LogP contribution in [0.2, 0.25) is 0 Å². The Morgan fingerprint density at radius 3 is 3.21 bits per heavy atom. The molecule has 1 saturated heterocycles. The van der Waals surface area contributed by atoms with Crippen molar-refractivity contribution < 1.29 is 9.47 Å². The zero-order chi connectivity index (χ0) is 13.7. The number of morpholine rings is 1. The van der Waals surface area contributed by atoms with E-state index >= 15 is 0 Å². The molecule has 6 heteroatoms. The minimum atomic E-state index is 0.0414. The predicted octanol–water partition coefficient (Wildman–Crippen LogP) is 0.472. The third-order valence-corrected chi connectivity index (χ3v) is 3.40. The summed E-state index contributed by atoms with van der Waals surface area (Å²) in [5, 5.41) is 0. The summed E-state index contributed by atoms with van der Waals surface area (Å²) in [5.74, 6) is 1.00. The molecule has 1 aromatic rings.